The van der Waals surface area contributed by atoms with Crippen LogP contribution in [0.4, 0.5) is 29.3 Å². The number of hydrogen-bond acceptors (Lipinski definition) is 3. The Morgan fingerprint density at radius 1 is 0.912 bits per heavy atom. The van der Waals surface area contributed by atoms with Gasteiger partial charge in [-0.3, -0.25) is 9.59 Å². The van der Waals surface area contributed by atoms with E-state index in [-0.39, 0.29) is 35.4 Å². The molecule has 3 N–H and O–H groups in total. The first-order valence-electron chi connectivity index (χ1n) is 11.0. The van der Waals surface area contributed by atoms with Gasteiger partial charge in [0.15, 0.2) is 0 Å². The van der Waals surface area contributed by atoms with E-state index < -0.39 is 11.7 Å². The van der Waals surface area contributed by atoms with Crippen molar-refractivity contribution in [2.24, 2.45) is 5.92 Å². The maximum atomic E-state index is 12.8. The predicted molar refractivity (Wildman–Crippen MR) is 122 cm³/mol. The standard InChI is InChI=1S/C24H27F3N4O3/c1-15(2)28-23(34)30-20-6-4-3-5-19(20)29-21(32)16-11-13-31(14-12-16)22(33)17-7-9-18(10-8-17)24(25,26)27/h3-10,15-16H,11-14H2,1-2H3,(H,29,32)(H2,28,30,34). The van der Waals surface area contributed by atoms with Crippen LogP contribution in [-0.2, 0) is 11.0 Å². The summed E-state index contributed by atoms with van der Waals surface area (Å²) in [5.41, 5.74) is 0.296. The van der Waals surface area contributed by atoms with Gasteiger partial charge in [-0.15, -0.1) is 0 Å². The molecule has 182 valence electrons. The molecular formula is C24H27F3N4O3. The van der Waals surface area contributed by atoms with Crippen LogP contribution in [0.2, 0.25) is 0 Å². The zero-order chi connectivity index (χ0) is 24.9. The van der Waals surface area contributed by atoms with Crippen LogP contribution in [0.1, 0.15) is 42.6 Å². The highest BCUT2D eigenvalue weighted by Crippen LogP contribution is 2.30. The summed E-state index contributed by atoms with van der Waals surface area (Å²) in [5, 5.41) is 8.28. The van der Waals surface area contributed by atoms with Gasteiger partial charge in [-0.1, -0.05) is 12.1 Å². The molecule has 34 heavy (non-hydrogen) atoms. The minimum atomic E-state index is -4.46. The maximum absolute atomic E-state index is 12.8. The van der Waals surface area contributed by atoms with E-state index >= 15 is 0 Å². The van der Waals surface area contributed by atoms with Crippen molar-refractivity contribution in [3.63, 3.8) is 0 Å². The first kappa shape index (κ1) is 25.1. The number of amides is 4. The highest BCUT2D eigenvalue weighted by atomic mass is 19.4. The Kier molecular flexibility index (Phi) is 7.80. The fraction of sp³-hybridized carbons (Fsp3) is 0.375. The highest BCUT2D eigenvalue weighted by Gasteiger charge is 2.31. The third-order valence-electron chi connectivity index (χ3n) is 5.47. The summed E-state index contributed by atoms with van der Waals surface area (Å²) in [7, 11) is 0. The summed E-state index contributed by atoms with van der Waals surface area (Å²) in [5.74, 6) is -0.923. The Balaban J connectivity index is 1.56. The number of halogens is 3. The summed E-state index contributed by atoms with van der Waals surface area (Å²) < 4.78 is 38.2. The van der Waals surface area contributed by atoms with Crippen molar-refractivity contribution in [2.45, 2.75) is 38.9 Å². The van der Waals surface area contributed by atoms with E-state index in [0.717, 1.165) is 12.1 Å². The molecule has 0 spiro atoms. The van der Waals surface area contributed by atoms with E-state index in [2.05, 4.69) is 16.0 Å². The molecule has 7 nitrogen and oxygen atoms in total. The average Bonchev–Trinajstić information content (AvgIpc) is 2.79. The van der Waals surface area contributed by atoms with E-state index in [4.69, 9.17) is 0 Å². The molecule has 3 rings (SSSR count). The fourth-order valence-corrected chi connectivity index (χ4v) is 3.69. The van der Waals surface area contributed by atoms with Crippen LogP contribution in [0.3, 0.4) is 0 Å². The molecule has 0 saturated carbocycles. The Bertz CT molecular complexity index is 1030. The number of likely N-dealkylation sites (tertiary alicyclic amines) is 1. The number of piperidine rings is 1. The number of hydrogen-bond donors (Lipinski definition) is 3. The first-order valence-corrected chi connectivity index (χ1v) is 11.0. The molecule has 0 bridgehead atoms. The van der Waals surface area contributed by atoms with Gasteiger partial charge in [0.05, 0.1) is 16.9 Å². The van der Waals surface area contributed by atoms with Gasteiger partial charge in [0.25, 0.3) is 5.91 Å². The molecule has 0 aromatic heterocycles. The van der Waals surface area contributed by atoms with Crippen LogP contribution in [0, 0.1) is 5.92 Å². The molecule has 4 amide bonds. The number of nitrogens with one attached hydrogen (secondary N) is 3. The Labute approximate surface area is 195 Å². The van der Waals surface area contributed by atoms with Crippen LogP contribution in [0.15, 0.2) is 48.5 Å². The third kappa shape index (κ3) is 6.49. The van der Waals surface area contributed by atoms with Crippen LogP contribution >= 0.6 is 0 Å². The molecule has 1 fully saturated rings. The highest BCUT2D eigenvalue weighted by molar-refractivity contribution is 6.00. The normalized spacial score (nSPS) is 14.6. The van der Waals surface area contributed by atoms with E-state index in [1.165, 1.54) is 17.0 Å². The molecule has 0 radical (unpaired) electrons. The minimum Gasteiger partial charge on any atom is -0.339 e. The lowest BCUT2D eigenvalue weighted by Crippen LogP contribution is -2.41. The number of alkyl halides is 3. The van der Waals surface area contributed by atoms with Crippen molar-refractivity contribution in [3.05, 3.63) is 59.7 Å². The van der Waals surface area contributed by atoms with Gasteiger partial charge in [0.1, 0.15) is 0 Å². The lowest BCUT2D eigenvalue weighted by Gasteiger charge is -2.31. The zero-order valence-electron chi connectivity index (χ0n) is 18.9. The molecule has 1 aliphatic heterocycles. The molecule has 2 aromatic carbocycles. The van der Waals surface area contributed by atoms with Crippen LogP contribution in [-0.4, -0.2) is 41.9 Å². The number of urea groups is 1. The summed E-state index contributed by atoms with van der Waals surface area (Å²) >= 11 is 0. The quantitative estimate of drug-likeness (QED) is 0.583. The molecular weight excluding hydrogens is 449 g/mol. The molecule has 0 atom stereocenters. The van der Waals surface area contributed by atoms with Gasteiger partial charge in [-0.05, 0) is 63.1 Å². The second-order valence-corrected chi connectivity index (χ2v) is 8.43. The Hall–Kier alpha value is -3.56. The molecule has 10 heteroatoms. The zero-order valence-corrected chi connectivity index (χ0v) is 18.9. The number of nitrogens with zero attached hydrogens (tertiary/aromatic N) is 1. The molecule has 1 heterocycles. The second-order valence-electron chi connectivity index (χ2n) is 8.43. The SMILES string of the molecule is CC(C)NC(=O)Nc1ccccc1NC(=O)C1CCN(C(=O)c2ccc(C(F)(F)F)cc2)CC1. The number of carbonyl (C=O) groups excluding carboxylic acids is 3. The van der Waals surface area contributed by atoms with Crippen molar-refractivity contribution in [3.8, 4) is 0 Å². The summed E-state index contributed by atoms with van der Waals surface area (Å²) in [6, 6.07) is 10.5. The van der Waals surface area contributed by atoms with E-state index in [9.17, 15) is 27.6 Å². The van der Waals surface area contributed by atoms with E-state index in [0.29, 0.717) is 37.3 Å². The van der Waals surface area contributed by atoms with Crippen molar-refractivity contribution < 1.29 is 27.6 Å². The molecule has 1 saturated heterocycles. The molecule has 1 aliphatic rings. The van der Waals surface area contributed by atoms with Gasteiger partial charge in [0, 0.05) is 30.6 Å². The fourth-order valence-electron chi connectivity index (χ4n) is 3.69. The van der Waals surface area contributed by atoms with Crippen molar-refractivity contribution in [1.82, 2.24) is 10.2 Å². The second kappa shape index (κ2) is 10.6. The lowest BCUT2D eigenvalue weighted by atomic mass is 9.95. The van der Waals surface area contributed by atoms with Gasteiger partial charge in [-0.2, -0.15) is 13.2 Å². The lowest BCUT2D eigenvalue weighted by molar-refractivity contribution is -0.137. The van der Waals surface area contributed by atoms with Crippen molar-refractivity contribution >= 4 is 29.2 Å². The molecule has 0 unspecified atom stereocenters. The van der Waals surface area contributed by atoms with Gasteiger partial charge in [-0.25, -0.2) is 4.79 Å². The number of benzene rings is 2. The first-order chi connectivity index (χ1) is 16.0. The average molecular weight is 476 g/mol. The number of rotatable bonds is 5. The smallest absolute Gasteiger partial charge is 0.339 e. The monoisotopic (exact) mass is 476 g/mol. The Morgan fingerprint density at radius 2 is 1.47 bits per heavy atom. The van der Waals surface area contributed by atoms with Crippen LogP contribution in [0.5, 0.6) is 0 Å². The number of anilines is 2. The van der Waals surface area contributed by atoms with Gasteiger partial charge >= 0.3 is 12.2 Å². The van der Waals surface area contributed by atoms with E-state index in [1.807, 2.05) is 13.8 Å². The summed E-state index contributed by atoms with van der Waals surface area (Å²) in [6.07, 6.45) is -3.62. The number of para-hydroxylation sites is 2. The maximum Gasteiger partial charge on any atom is 0.416 e. The topological polar surface area (TPSA) is 90.5 Å². The summed E-state index contributed by atoms with van der Waals surface area (Å²) in [4.78, 5) is 39.0. The van der Waals surface area contributed by atoms with Gasteiger partial charge in [0.2, 0.25) is 5.91 Å². The van der Waals surface area contributed by atoms with Crippen LogP contribution in [0.25, 0.3) is 0 Å². The summed E-state index contributed by atoms with van der Waals surface area (Å²) in [6.45, 7) is 4.30. The van der Waals surface area contributed by atoms with E-state index in [1.54, 1.807) is 24.3 Å². The van der Waals surface area contributed by atoms with Crippen molar-refractivity contribution in [2.75, 3.05) is 23.7 Å². The van der Waals surface area contributed by atoms with Crippen molar-refractivity contribution in [1.29, 1.82) is 0 Å². The predicted octanol–water partition coefficient (Wildman–Crippen LogP) is 4.73. The van der Waals surface area contributed by atoms with Crippen LogP contribution < -0.4 is 16.0 Å². The van der Waals surface area contributed by atoms with Gasteiger partial charge < -0.3 is 20.9 Å². The molecule has 0 aliphatic carbocycles. The molecule has 2 aromatic rings. The largest absolute Gasteiger partial charge is 0.416 e. The Morgan fingerprint density at radius 3 is 2.00 bits per heavy atom. The third-order valence-corrected chi connectivity index (χ3v) is 5.47. The minimum absolute atomic E-state index is 0.0442. The number of carbonyl (C=O) groups is 3.